The van der Waals surface area contributed by atoms with Gasteiger partial charge in [0.15, 0.2) is 0 Å². The second-order valence-corrected chi connectivity index (χ2v) is 5.05. The molecule has 0 aliphatic heterocycles. The molecule has 1 rings (SSSR count). The molecule has 0 aliphatic rings. The molecule has 0 bridgehead atoms. The van der Waals surface area contributed by atoms with Gasteiger partial charge >= 0.3 is 0 Å². The van der Waals surface area contributed by atoms with Gasteiger partial charge in [-0.1, -0.05) is 38.5 Å². The normalized spacial score (nSPS) is 13.1. The van der Waals surface area contributed by atoms with Crippen molar-refractivity contribution in [2.75, 3.05) is 12.3 Å². The third-order valence-corrected chi connectivity index (χ3v) is 3.22. The second-order valence-electron chi connectivity index (χ2n) is 5.05. The Balaban J connectivity index is 2.45. The lowest BCUT2D eigenvalue weighted by atomic mass is 9.98. The van der Waals surface area contributed by atoms with Crippen molar-refractivity contribution >= 4 is 5.69 Å². The maximum atomic E-state index is 5.93. The van der Waals surface area contributed by atoms with Gasteiger partial charge in [0, 0.05) is 12.2 Å². The Kier molecular flexibility index (Phi) is 4.81. The van der Waals surface area contributed by atoms with Crippen LogP contribution in [-0.2, 0) is 6.54 Å². The number of rotatable bonds is 5. The predicted octanol–water partition coefficient (Wildman–Crippen LogP) is 2.96. The van der Waals surface area contributed by atoms with Gasteiger partial charge in [0.1, 0.15) is 0 Å². The monoisotopic (exact) mass is 220 g/mol. The molecule has 1 atom stereocenters. The lowest BCUT2D eigenvalue weighted by Gasteiger charge is -2.16. The van der Waals surface area contributed by atoms with E-state index in [-0.39, 0.29) is 0 Å². The second kappa shape index (κ2) is 5.90. The van der Waals surface area contributed by atoms with Crippen LogP contribution in [0, 0.1) is 18.8 Å². The molecule has 3 N–H and O–H groups in total. The van der Waals surface area contributed by atoms with Gasteiger partial charge in [-0.2, -0.15) is 0 Å². The molecule has 16 heavy (non-hydrogen) atoms. The predicted molar refractivity (Wildman–Crippen MR) is 71.3 cm³/mol. The summed E-state index contributed by atoms with van der Waals surface area (Å²) in [5, 5.41) is 3.47. The van der Waals surface area contributed by atoms with Crippen molar-refractivity contribution < 1.29 is 0 Å². The molecule has 0 spiro atoms. The first-order valence-corrected chi connectivity index (χ1v) is 6.06. The Morgan fingerprint density at radius 3 is 2.56 bits per heavy atom. The van der Waals surface area contributed by atoms with Crippen molar-refractivity contribution in [3.8, 4) is 0 Å². The maximum Gasteiger partial charge on any atom is 0.0359 e. The number of nitrogen functional groups attached to an aromatic ring is 1. The lowest BCUT2D eigenvalue weighted by molar-refractivity contribution is 0.392. The number of hydrogen-bond acceptors (Lipinski definition) is 2. The Morgan fingerprint density at radius 2 is 1.94 bits per heavy atom. The molecule has 1 unspecified atom stereocenters. The largest absolute Gasteiger partial charge is 0.398 e. The zero-order chi connectivity index (χ0) is 12.1. The molecule has 1 aromatic carbocycles. The van der Waals surface area contributed by atoms with Gasteiger partial charge in [-0.25, -0.2) is 0 Å². The third kappa shape index (κ3) is 3.86. The average molecular weight is 220 g/mol. The minimum Gasteiger partial charge on any atom is -0.398 e. The average Bonchev–Trinajstić information content (AvgIpc) is 2.22. The quantitative estimate of drug-likeness (QED) is 0.749. The number of hydrogen-bond donors (Lipinski definition) is 2. The van der Waals surface area contributed by atoms with Crippen LogP contribution in [0.25, 0.3) is 0 Å². The van der Waals surface area contributed by atoms with E-state index in [0.717, 1.165) is 24.7 Å². The van der Waals surface area contributed by atoms with E-state index < -0.39 is 0 Å². The highest BCUT2D eigenvalue weighted by molar-refractivity contribution is 5.48. The van der Waals surface area contributed by atoms with E-state index in [4.69, 9.17) is 5.73 Å². The first-order valence-electron chi connectivity index (χ1n) is 6.06. The molecule has 2 heteroatoms. The first-order chi connectivity index (χ1) is 7.50. The number of benzene rings is 1. The molecule has 0 aliphatic carbocycles. The molecule has 0 amide bonds. The van der Waals surface area contributed by atoms with Gasteiger partial charge in [-0.05, 0) is 36.9 Å². The number of anilines is 1. The molecule has 0 radical (unpaired) electrons. The van der Waals surface area contributed by atoms with E-state index in [9.17, 15) is 0 Å². The summed E-state index contributed by atoms with van der Waals surface area (Å²) < 4.78 is 0. The Hall–Kier alpha value is -1.02. The standard InChI is InChI=1S/C14H24N2/c1-10(2)12(4)8-16-9-13-7-11(3)5-6-14(13)15/h5-7,10,12,16H,8-9,15H2,1-4H3. The zero-order valence-electron chi connectivity index (χ0n) is 10.9. The molecular formula is C14H24N2. The highest BCUT2D eigenvalue weighted by atomic mass is 14.9. The summed E-state index contributed by atoms with van der Waals surface area (Å²) in [6, 6.07) is 6.19. The van der Waals surface area contributed by atoms with Crippen LogP contribution in [0.4, 0.5) is 5.69 Å². The van der Waals surface area contributed by atoms with Crippen LogP contribution in [0.15, 0.2) is 18.2 Å². The Bertz CT molecular complexity index is 332. The SMILES string of the molecule is Cc1ccc(N)c(CNCC(C)C(C)C)c1. The summed E-state index contributed by atoms with van der Waals surface area (Å²) in [4.78, 5) is 0. The fraction of sp³-hybridized carbons (Fsp3) is 0.571. The molecule has 0 fully saturated rings. The molecule has 1 aromatic rings. The zero-order valence-corrected chi connectivity index (χ0v) is 10.9. The maximum absolute atomic E-state index is 5.93. The molecule has 2 nitrogen and oxygen atoms in total. The number of nitrogens with one attached hydrogen (secondary N) is 1. The van der Waals surface area contributed by atoms with Crippen molar-refractivity contribution in [2.24, 2.45) is 11.8 Å². The van der Waals surface area contributed by atoms with E-state index in [2.05, 4.69) is 45.1 Å². The van der Waals surface area contributed by atoms with Crippen LogP contribution in [0.2, 0.25) is 0 Å². The summed E-state index contributed by atoms with van der Waals surface area (Å²) in [5.41, 5.74) is 9.28. The van der Waals surface area contributed by atoms with Gasteiger partial charge in [0.2, 0.25) is 0 Å². The van der Waals surface area contributed by atoms with Crippen LogP contribution in [0.5, 0.6) is 0 Å². The summed E-state index contributed by atoms with van der Waals surface area (Å²) in [7, 11) is 0. The highest BCUT2D eigenvalue weighted by Crippen LogP contribution is 2.14. The van der Waals surface area contributed by atoms with Gasteiger partial charge in [0.05, 0.1) is 0 Å². The van der Waals surface area contributed by atoms with Gasteiger partial charge in [-0.15, -0.1) is 0 Å². The topological polar surface area (TPSA) is 38.0 Å². The fourth-order valence-electron chi connectivity index (χ4n) is 1.56. The van der Waals surface area contributed by atoms with E-state index in [0.29, 0.717) is 5.92 Å². The summed E-state index contributed by atoms with van der Waals surface area (Å²) in [6.45, 7) is 10.8. The van der Waals surface area contributed by atoms with Crippen molar-refractivity contribution in [1.82, 2.24) is 5.32 Å². The van der Waals surface area contributed by atoms with Gasteiger partial charge in [-0.3, -0.25) is 0 Å². The molecular weight excluding hydrogens is 196 g/mol. The third-order valence-electron chi connectivity index (χ3n) is 3.22. The molecule has 0 heterocycles. The highest BCUT2D eigenvalue weighted by Gasteiger charge is 2.06. The van der Waals surface area contributed by atoms with E-state index in [1.54, 1.807) is 0 Å². The van der Waals surface area contributed by atoms with E-state index >= 15 is 0 Å². The van der Waals surface area contributed by atoms with Crippen molar-refractivity contribution in [2.45, 2.75) is 34.2 Å². The molecule has 0 saturated heterocycles. The first kappa shape index (κ1) is 13.0. The van der Waals surface area contributed by atoms with Crippen LogP contribution < -0.4 is 11.1 Å². The number of aryl methyl sites for hydroxylation is 1. The van der Waals surface area contributed by atoms with E-state index in [1.165, 1.54) is 11.1 Å². The van der Waals surface area contributed by atoms with E-state index in [1.807, 2.05) is 6.07 Å². The fourth-order valence-corrected chi connectivity index (χ4v) is 1.56. The van der Waals surface area contributed by atoms with Gasteiger partial charge in [0.25, 0.3) is 0 Å². The van der Waals surface area contributed by atoms with Gasteiger partial charge < -0.3 is 11.1 Å². The summed E-state index contributed by atoms with van der Waals surface area (Å²) >= 11 is 0. The summed E-state index contributed by atoms with van der Waals surface area (Å²) in [6.07, 6.45) is 0. The van der Waals surface area contributed by atoms with Crippen LogP contribution in [-0.4, -0.2) is 6.54 Å². The van der Waals surface area contributed by atoms with Crippen LogP contribution in [0.3, 0.4) is 0 Å². The van der Waals surface area contributed by atoms with Crippen molar-refractivity contribution in [1.29, 1.82) is 0 Å². The smallest absolute Gasteiger partial charge is 0.0359 e. The minimum atomic E-state index is 0.700. The van der Waals surface area contributed by atoms with Crippen molar-refractivity contribution in [3.63, 3.8) is 0 Å². The van der Waals surface area contributed by atoms with Crippen LogP contribution >= 0.6 is 0 Å². The van der Waals surface area contributed by atoms with Crippen molar-refractivity contribution in [3.05, 3.63) is 29.3 Å². The lowest BCUT2D eigenvalue weighted by Crippen LogP contribution is -2.24. The minimum absolute atomic E-state index is 0.700. The Labute approximate surface area is 99.2 Å². The van der Waals surface area contributed by atoms with Crippen LogP contribution in [0.1, 0.15) is 31.9 Å². The molecule has 0 aromatic heterocycles. The Morgan fingerprint density at radius 1 is 1.25 bits per heavy atom. The number of nitrogens with two attached hydrogens (primary N) is 1. The molecule has 0 saturated carbocycles. The summed E-state index contributed by atoms with van der Waals surface area (Å²) in [5.74, 6) is 1.42. The molecule has 90 valence electrons.